The molecule has 0 saturated heterocycles. The van der Waals surface area contributed by atoms with Crippen LogP contribution in [0.25, 0.3) is 11.3 Å². The van der Waals surface area contributed by atoms with Crippen molar-refractivity contribution in [3.05, 3.63) is 28.3 Å². The first-order chi connectivity index (χ1) is 10.2. The number of hydrogen-bond acceptors (Lipinski definition) is 3. The summed E-state index contributed by atoms with van der Waals surface area (Å²) in [4.78, 5) is 20.0. The maximum atomic E-state index is 12.4. The van der Waals surface area contributed by atoms with E-state index in [-0.39, 0.29) is 5.91 Å². The Balaban J connectivity index is 1.48. The van der Waals surface area contributed by atoms with Crippen LogP contribution in [-0.2, 0) is 0 Å². The number of aryl methyl sites for hydroxylation is 1. The maximum Gasteiger partial charge on any atom is 0.267 e. The van der Waals surface area contributed by atoms with Crippen molar-refractivity contribution < 1.29 is 4.79 Å². The van der Waals surface area contributed by atoms with Crippen LogP contribution in [0.1, 0.15) is 41.2 Å². The largest absolute Gasteiger partial charge is 0.357 e. The zero-order valence-electron chi connectivity index (χ0n) is 12.1. The first kappa shape index (κ1) is 13.1. The maximum absolute atomic E-state index is 12.4. The van der Waals surface area contributed by atoms with Crippen LogP contribution in [0.3, 0.4) is 0 Å². The molecule has 4 nitrogen and oxygen atoms in total. The third-order valence-electron chi connectivity index (χ3n) is 4.40. The molecule has 2 saturated carbocycles. The molecule has 2 N–H and O–H groups in total. The monoisotopic (exact) mass is 301 g/mol. The summed E-state index contributed by atoms with van der Waals surface area (Å²) < 4.78 is 0. The van der Waals surface area contributed by atoms with E-state index < -0.39 is 0 Å². The van der Waals surface area contributed by atoms with Gasteiger partial charge in [-0.2, -0.15) is 0 Å². The second-order valence-electron chi connectivity index (χ2n) is 6.23. The number of rotatable bonds is 5. The molecule has 2 aliphatic carbocycles. The van der Waals surface area contributed by atoms with Gasteiger partial charge in [-0.15, -0.1) is 11.3 Å². The average molecular weight is 301 g/mol. The van der Waals surface area contributed by atoms with Crippen molar-refractivity contribution in [2.24, 2.45) is 11.8 Å². The Morgan fingerprint density at radius 2 is 2.10 bits per heavy atom. The van der Waals surface area contributed by atoms with Crippen LogP contribution in [0.15, 0.2) is 17.6 Å². The number of carbonyl (C=O) groups is 1. The van der Waals surface area contributed by atoms with Gasteiger partial charge in [-0.1, -0.05) is 0 Å². The molecule has 4 rings (SSSR count). The highest BCUT2D eigenvalue weighted by molar-refractivity contribution is 7.09. The van der Waals surface area contributed by atoms with Crippen molar-refractivity contribution in [2.75, 3.05) is 0 Å². The summed E-state index contributed by atoms with van der Waals surface area (Å²) in [5.41, 5.74) is 2.56. The number of nitrogens with zero attached hydrogens (tertiary/aromatic N) is 1. The highest BCUT2D eigenvalue weighted by Gasteiger charge is 2.42. The van der Waals surface area contributed by atoms with E-state index >= 15 is 0 Å². The molecule has 1 amide bonds. The molecule has 110 valence electrons. The Labute approximate surface area is 128 Å². The van der Waals surface area contributed by atoms with Gasteiger partial charge in [-0.25, -0.2) is 4.98 Å². The molecule has 2 aliphatic rings. The zero-order valence-corrected chi connectivity index (χ0v) is 12.9. The van der Waals surface area contributed by atoms with Gasteiger partial charge < -0.3 is 10.3 Å². The van der Waals surface area contributed by atoms with Gasteiger partial charge in [0, 0.05) is 23.2 Å². The molecular formula is C16H19N3OS. The number of carbonyl (C=O) groups excluding carboxylic acids is 1. The second kappa shape index (κ2) is 4.98. The normalized spacial score (nSPS) is 18.2. The SMILES string of the molecule is Cc1nc(-c2c[nH]c(C(=O)NC(C3CC3)C3CC3)c2)cs1. The van der Waals surface area contributed by atoms with Gasteiger partial charge in [0.15, 0.2) is 0 Å². The average Bonchev–Trinajstić information content (AvgIpc) is 3.39. The number of thiazole rings is 1. The van der Waals surface area contributed by atoms with Crippen LogP contribution in [0.5, 0.6) is 0 Å². The predicted molar refractivity (Wildman–Crippen MR) is 83.3 cm³/mol. The molecule has 0 aromatic carbocycles. The summed E-state index contributed by atoms with van der Waals surface area (Å²) in [7, 11) is 0. The molecule has 0 unspecified atom stereocenters. The van der Waals surface area contributed by atoms with Crippen LogP contribution in [0, 0.1) is 18.8 Å². The molecule has 0 radical (unpaired) electrons. The third kappa shape index (κ3) is 2.75. The van der Waals surface area contributed by atoms with E-state index in [9.17, 15) is 4.79 Å². The van der Waals surface area contributed by atoms with Crippen molar-refractivity contribution in [1.82, 2.24) is 15.3 Å². The van der Waals surface area contributed by atoms with Crippen molar-refractivity contribution in [3.8, 4) is 11.3 Å². The Morgan fingerprint density at radius 3 is 2.67 bits per heavy atom. The van der Waals surface area contributed by atoms with Gasteiger partial charge in [0.1, 0.15) is 5.69 Å². The molecule has 5 heteroatoms. The van der Waals surface area contributed by atoms with Crippen LogP contribution in [-0.4, -0.2) is 21.9 Å². The van der Waals surface area contributed by atoms with Crippen molar-refractivity contribution >= 4 is 17.2 Å². The Morgan fingerprint density at radius 1 is 1.38 bits per heavy atom. The topological polar surface area (TPSA) is 57.8 Å². The first-order valence-electron chi connectivity index (χ1n) is 7.62. The molecule has 2 aromatic rings. The van der Waals surface area contributed by atoms with E-state index in [1.54, 1.807) is 11.3 Å². The highest BCUT2D eigenvalue weighted by Crippen LogP contribution is 2.44. The lowest BCUT2D eigenvalue weighted by molar-refractivity contribution is 0.0922. The number of hydrogen-bond donors (Lipinski definition) is 2. The number of amides is 1. The van der Waals surface area contributed by atoms with Crippen molar-refractivity contribution in [3.63, 3.8) is 0 Å². The Hall–Kier alpha value is -1.62. The molecule has 2 fully saturated rings. The summed E-state index contributed by atoms with van der Waals surface area (Å²) >= 11 is 1.63. The number of H-pyrrole nitrogens is 1. The van der Waals surface area contributed by atoms with Crippen LogP contribution < -0.4 is 5.32 Å². The third-order valence-corrected chi connectivity index (χ3v) is 5.17. The Kier molecular flexibility index (Phi) is 3.10. The summed E-state index contributed by atoms with van der Waals surface area (Å²) in [6.45, 7) is 1.99. The lowest BCUT2D eigenvalue weighted by Gasteiger charge is -2.16. The zero-order chi connectivity index (χ0) is 14.4. The summed E-state index contributed by atoms with van der Waals surface area (Å²) in [5, 5.41) is 6.31. The number of aromatic amines is 1. The fourth-order valence-corrected chi connectivity index (χ4v) is 3.55. The summed E-state index contributed by atoms with van der Waals surface area (Å²) in [5.74, 6) is 1.46. The smallest absolute Gasteiger partial charge is 0.267 e. The first-order valence-corrected chi connectivity index (χ1v) is 8.50. The van der Waals surface area contributed by atoms with E-state index in [0.717, 1.165) is 28.1 Å². The lowest BCUT2D eigenvalue weighted by Crippen LogP contribution is -2.38. The molecular weight excluding hydrogens is 282 g/mol. The summed E-state index contributed by atoms with van der Waals surface area (Å²) in [6.07, 6.45) is 6.96. The Bertz CT molecular complexity index is 655. The molecule has 0 bridgehead atoms. The van der Waals surface area contributed by atoms with Crippen LogP contribution >= 0.6 is 11.3 Å². The molecule has 2 heterocycles. The van der Waals surface area contributed by atoms with Gasteiger partial charge in [0.25, 0.3) is 5.91 Å². The van der Waals surface area contributed by atoms with Gasteiger partial charge in [-0.3, -0.25) is 4.79 Å². The number of aromatic nitrogens is 2. The fraction of sp³-hybridized carbons (Fsp3) is 0.500. The molecule has 2 aromatic heterocycles. The number of nitrogens with one attached hydrogen (secondary N) is 2. The van der Waals surface area contributed by atoms with E-state index in [1.807, 2.05) is 24.6 Å². The van der Waals surface area contributed by atoms with Gasteiger partial charge in [0.2, 0.25) is 0 Å². The van der Waals surface area contributed by atoms with Crippen molar-refractivity contribution in [1.29, 1.82) is 0 Å². The standard InChI is InChI=1S/C16H19N3OS/c1-9-18-14(8-21-9)12-6-13(17-7-12)16(20)19-15(10-2-3-10)11-4-5-11/h6-8,10-11,15,17H,2-5H2,1H3,(H,19,20). The van der Waals surface area contributed by atoms with E-state index in [4.69, 9.17) is 0 Å². The van der Waals surface area contributed by atoms with Gasteiger partial charge in [-0.05, 0) is 50.5 Å². The minimum Gasteiger partial charge on any atom is -0.357 e. The predicted octanol–water partition coefficient (Wildman–Crippen LogP) is 3.37. The van der Waals surface area contributed by atoms with E-state index in [2.05, 4.69) is 15.3 Å². The van der Waals surface area contributed by atoms with Crippen molar-refractivity contribution in [2.45, 2.75) is 38.6 Å². The minimum atomic E-state index is 0.0250. The fourth-order valence-electron chi connectivity index (χ4n) is 2.93. The van der Waals surface area contributed by atoms with Crippen LogP contribution in [0.2, 0.25) is 0 Å². The molecule has 0 atom stereocenters. The second-order valence-corrected chi connectivity index (χ2v) is 7.29. The summed E-state index contributed by atoms with van der Waals surface area (Å²) in [6, 6.07) is 2.30. The highest BCUT2D eigenvalue weighted by atomic mass is 32.1. The van der Waals surface area contributed by atoms with Gasteiger partial charge in [0.05, 0.1) is 10.7 Å². The lowest BCUT2D eigenvalue weighted by atomic mass is 10.1. The van der Waals surface area contributed by atoms with Crippen LogP contribution in [0.4, 0.5) is 0 Å². The van der Waals surface area contributed by atoms with E-state index in [1.165, 1.54) is 25.7 Å². The minimum absolute atomic E-state index is 0.0250. The molecule has 0 spiro atoms. The molecule has 21 heavy (non-hydrogen) atoms. The molecule has 0 aliphatic heterocycles. The van der Waals surface area contributed by atoms with E-state index in [0.29, 0.717) is 11.7 Å². The quantitative estimate of drug-likeness (QED) is 0.889. The van der Waals surface area contributed by atoms with Gasteiger partial charge >= 0.3 is 0 Å².